The Labute approximate surface area is 255 Å². The molecule has 0 spiro atoms. The Bertz CT molecular complexity index is 2230. The molecule has 0 fully saturated rings. The minimum absolute atomic E-state index is 0.841. The van der Waals surface area contributed by atoms with Gasteiger partial charge in [-0.1, -0.05) is 78.9 Å². The van der Waals surface area contributed by atoms with E-state index in [0.29, 0.717) is 0 Å². The second-order valence-corrected chi connectivity index (χ2v) is 10.6. The highest BCUT2D eigenvalue weighted by Crippen LogP contribution is 2.44. The third-order valence-electron chi connectivity index (χ3n) is 7.94. The van der Waals surface area contributed by atoms with Gasteiger partial charge in [-0.25, -0.2) is 0 Å². The fourth-order valence-electron chi connectivity index (χ4n) is 5.90. The average molecular weight is 561 g/mol. The fraction of sp³-hybridized carbons (Fsp3) is 0. The molecule has 0 atom stereocenters. The standard InChI is InChI=1S/C40H24N4/c1-2-10-27(11-3-1)28-16-19-33-34(24-28)40(30-18-21-38(44-26-30)36-15-7-9-23-42-36)32-13-5-4-12-31(32)39(33)29-17-20-37(43-25-29)35-14-6-8-22-41-35/h1-2,4-10,12-26H. The zero-order chi connectivity index (χ0) is 29.3. The van der Waals surface area contributed by atoms with Crippen molar-refractivity contribution in [2.45, 2.75) is 0 Å². The molecule has 0 amide bonds. The van der Waals surface area contributed by atoms with Gasteiger partial charge in [-0.05, 0) is 92.8 Å². The van der Waals surface area contributed by atoms with Crippen LogP contribution in [0.15, 0.2) is 146 Å². The number of hydrogen-bond donors (Lipinski definition) is 0. The predicted octanol–water partition coefficient (Wildman–Crippen LogP) is 9.51. The molecule has 0 aliphatic heterocycles. The van der Waals surface area contributed by atoms with Crippen LogP contribution >= 0.6 is 0 Å². The van der Waals surface area contributed by atoms with Gasteiger partial charge in [0.15, 0.2) is 0 Å². The molecule has 204 valence electrons. The summed E-state index contributed by atoms with van der Waals surface area (Å²) in [7, 11) is 0. The van der Waals surface area contributed by atoms with Crippen molar-refractivity contribution in [2.75, 3.05) is 0 Å². The quantitative estimate of drug-likeness (QED) is 0.197. The third kappa shape index (κ3) is 4.54. The van der Waals surface area contributed by atoms with E-state index in [1.165, 1.54) is 0 Å². The highest BCUT2D eigenvalue weighted by atomic mass is 14.8. The van der Waals surface area contributed by atoms with Gasteiger partial charge in [0.05, 0.1) is 22.8 Å². The maximum absolute atomic E-state index is 4.85. The number of rotatable bonds is 5. The van der Waals surface area contributed by atoms with E-state index >= 15 is 0 Å². The molecule has 8 aromatic rings. The first-order valence-corrected chi connectivity index (χ1v) is 14.5. The Morgan fingerprint density at radius 1 is 0.409 bits per heavy atom. The van der Waals surface area contributed by atoms with E-state index in [1.807, 2.05) is 60.9 Å². The Balaban J connectivity index is 1.38. The molecule has 0 saturated carbocycles. The van der Waals surface area contributed by atoms with Crippen LogP contribution in [-0.4, -0.2) is 19.9 Å². The number of nitrogens with zero attached hydrogens (tertiary/aromatic N) is 4. The molecule has 4 aromatic carbocycles. The minimum atomic E-state index is 0.841. The first-order valence-electron chi connectivity index (χ1n) is 14.5. The second kappa shape index (κ2) is 10.9. The molecule has 4 heteroatoms. The van der Waals surface area contributed by atoms with Gasteiger partial charge in [0.2, 0.25) is 0 Å². The van der Waals surface area contributed by atoms with Crippen LogP contribution in [0, 0.1) is 12.1 Å². The van der Waals surface area contributed by atoms with Crippen LogP contribution in [0.2, 0.25) is 0 Å². The Hall–Kier alpha value is -6.18. The summed E-state index contributed by atoms with van der Waals surface area (Å²) >= 11 is 0. The number of pyridine rings is 4. The smallest absolute Gasteiger partial charge is 0.0886 e. The summed E-state index contributed by atoms with van der Waals surface area (Å²) in [6.45, 7) is 0. The van der Waals surface area contributed by atoms with Gasteiger partial charge in [0.25, 0.3) is 0 Å². The summed E-state index contributed by atoms with van der Waals surface area (Å²) < 4.78 is 0. The summed E-state index contributed by atoms with van der Waals surface area (Å²) in [6.07, 6.45) is 7.51. The molecular weight excluding hydrogens is 536 g/mol. The van der Waals surface area contributed by atoms with Gasteiger partial charge in [-0.15, -0.1) is 0 Å². The number of hydrogen-bond acceptors (Lipinski definition) is 4. The van der Waals surface area contributed by atoms with Crippen molar-refractivity contribution in [2.24, 2.45) is 0 Å². The summed E-state index contributed by atoms with van der Waals surface area (Å²) in [5, 5.41) is 4.58. The molecule has 4 heterocycles. The van der Waals surface area contributed by atoms with Gasteiger partial charge in [-0.3, -0.25) is 19.9 Å². The lowest BCUT2D eigenvalue weighted by atomic mass is 9.85. The van der Waals surface area contributed by atoms with Crippen molar-refractivity contribution in [3.63, 3.8) is 0 Å². The summed E-state index contributed by atoms with van der Waals surface area (Å²) in [6, 6.07) is 47.7. The van der Waals surface area contributed by atoms with E-state index in [2.05, 4.69) is 94.9 Å². The fourth-order valence-corrected chi connectivity index (χ4v) is 5.90. The highest BCUT2D eigenvalue weighted by Gasteiger charge is 2.18. The Morgan fingerprint density at radius 2 is 0.955 bits per heavy atom. The van der Waals surface area contributed by atoms with Crippen LogP contribution in [0.5, 0.6) is 0 Å². The van der Waals surface area contributed by atoms with Gasteiger partial charge in [0, 0.05) is 41.5 Å². The van der Waals surface area contributed by atoms with Crippen LogP contribution in [0.4, 0.5) is 0 Å². The lowest BCUT2D eigenvalue weighted by molar-refractivity contribution is 1.25. The molecule has 8 rings (SSSR count). The van der Waals surface area contributed by atoms with Crippen LogP contribution in [-0.2, 0) is 0 Å². The second-order valence-electron chi connectivity index (χ2n) is 10.6. The minimum Gasteiger partial charge on any atom is -0.255 e. The molecule has 44 heavy (non-hydrogen) atoms. The topological polar surface area (TPSA) is 51.6 Å². The SMILES string of the molecule is c1cccc(-c2ccc3c(-c4ccc(-c5ccccn5)nc4)c4ccccc4c(-c4ccc(-c5ccccn5)nc4)c3c2)c#1. The molecule has 0 N–H and O–H groups in total. The Morgan fingerprint density at radius 3 is 1.48 bits per heavy atom. The van der Waals surface area contributed by atoms with Crippen LogP contribution in [0.1, 0.15) is 0 Å². The molecule has 4 nitrogen and oxygen atoms in total. The van der Waals surface area contributed by atoms with Crippen molar-refractivity contribution in [1.29, 1.82) is 0 Å². The van der Waals surface area contributed by atoms with Crippen molar-refractivity contribution in [3.05, 3.63) is 158 Å². The van der Waals surface area contributed by atoms with E-state index < -0.39 is 0 Å². The lowest BCUT2D eigenvalue weighted by Gasteiger charge is -2.18. The predicted molar refractivity (Wildman–Crippen MR) is 177 cm³/mol. The zero-order valence-corrected chi connectivity index (χ0v) is 23.6. The summed E-state index contributed by atoms with van der Waals surface area (Å²) in [5.74, 6) is 0. The van der Waals surface area contributed by atoms with Crippen molar-refractivity contribution in [1.82, 2.24) is 19.9 Å². The molecule has 0 aliphatic carbocycles. The first-order chi connectivity index (χ1) is 21.8. The zero-order valence-electron chi connectivity index (χ0n) is 23.6. The molecule has 4 aromatic heterocycles. The molecule has 0 bridgehead atoms. The van der Waals surface area contributed by atoms with Crippen LogP contribution in [0.25, 0.3) is 77.7 Å². The Kier molecular flexibility index (Phi) is 6.33. The maximum Gasteiger partial charge on any atom is 0.0886 e. The summed E-state index contributed by atoms with van der Waals surface area (Å²) in [5.41, 5.74) is 9.85. The van der Waals surface area contributed by atoms with E-state index in [0.717, 1.165) is 77.7 Å². The van der Waals surface area contributed by atoms with Crippen molar-refractivity contribution < 1.29 is 0 Å². The van der Waals surface area contributed by atoms with Crippen molar-refractivity contribution in [3.8, 4) is 56.2 Å². The number of aromatic nitrogens is 4. The van der Waals surface area contributed by atoms with Crippen molar-refractivity contribution >= 4 is 21.5 Å². The lowest BCUT2D eigenvalue weighted by Crippen LogP contribution is -1.94. The molecular formula is C40H24N4. The van der Waals surface area contributed by atoms with E-state index in [1.54, 1.807) is 12.4 Å². The number of fused-ring (bicyclic) bond motifs is 2. The third-order valence-corrected chi connectivity index (χ3v) is 7.94. The van der Waals surface area contributed by atoms with Gasteiger partial charge in [0.1, 0.15) is 0 Å². The van der Waals surface area contributed by atoms with E-state index in [-0.39, 0.29) is 0 Å². The van der Waals surface area contributed by atoms with E-state index in [9.17, 15) is 0 Å². The molecule has 0 radical (unpaired) electrons. The maximum atomic E-state index is 4.85. The average Bonchev–Trinajstić information content (AvgIpc) is 3.12. The monoisotopic (exact) mass is 560 g/mol. The largest absolute Gasteiger partial charge is 0.255 e. The summed E-state index contributed by atoms with van der Waals surface area (Å²) in [4.78, 5) is 18.7. The van der Waals surface area contributed by atoms with Crippen LogP contribution < -0.4 is 0 Å². The van der Waals surface area contributed by atoms with Gasteiger partial charge >= 0.3 is 0 Å². The van der Waals surface area contributed by atoms with E-state index in [4.69, 9.17) is 9.97 Å². The highest BCUT2D eigenvalue weighted by molar-refractivity contribution is 6.21. The molecule has 0 unspecified atom stereocenters. The molecule has 0 saturated heterocycles. The van der Waals surface area contributed by atoms with Gasteiger partial charge in [-0.2, -0.15) is 0 Å². The van der Waals surface area contributed by atoms with Gasteiger partial charge < -0.3 is 0 Å². The number of benzene rings is 3. The normalized spacial score (nSPS) is 11.0. The van der Waals surface area contributed by atoms with Crippen LogP contribution in [0.3, 0.4) is 0 Å². The molecule has 0 aliphatic rings. The first kappa shape index (κ1) is 25.5.